The van der Waals surface area contributed by atoms with Crippen molar-refractivity contribution in [2.45, 2.75) is 56.3 Å². The number of aliphatic hydroxyl groups is 1. The fraction of sp³-hybridized carbons (Fsp3) is 0.458. The Balaban J connectivity index is 0.00000144. The van der Waals surface area contributed by atoms with Crippen molar-refractivity contribution >= 4 is 29.2 Å². The molecule has 3 saturated heterocycles. The smallest absolute Gasteiger partial charge is 0.347 e. The number of likely N-dealkylation sites (N-methyl/N-ethyl adjacent to an activating group) is 1. The lowest BCUT2D eigenvalue weighted by Gasteiger charge is -2.45. The monoisotopic (exact) mass is 543 g/mol. The number of fused-ring (bicyclic) bond motifs is 5. The molecule has 0 radical (unpaired) electrons. The third-order valence-electron chi connectivity index (χ3n) is 7.13. The van der Waals surface area contributed by atoms with Gasteiger partial charge in [0.2, 0.25) is 5.60 Å². The van der Waals surface area contributed by atoms with E-state index in [0.29, 0.717) is 33.3 Å². The molecule has 5 nitrogen and oxygen atoms in total. The molecule has 32 heavy (non-hydrogen) atoms. The highest BCUT2D eigenvalue weighted by molar-refractivity contribution is 6.30. The minimum absolute atomic E-state index is 0. The molecule has 2 aromatic rings. The molecular formula is C24H28BrCl2NO4. The van der Waals surface area contributed by atoms with E-state index >= 15 is 0 Å². The number of quaternary nitrogens is 1. The molecule has 0 spiro atoms. The molecule has 3 aliphatic heterocycles. The van der Waals surface area contributed by atoms with Crippen LogP contribution in [0.4, 0.5) is 0 Å². The predicted molar refractivity (Wildman–Crippen MR) is 120 cm³/mol. The van der Waals surface area contributed by atoms with Gasteiger partial charge in [0.05, 0.1) is 14.1 Å². The van der Waals surface area contributed by atoms with Crippen molar-refractivity contribution in [3.63, 3.8) is 0 Å². The number of morpholine rings is 1. The van der Waals surface area contributed by atoms with Gasteiger partial charge in [-0.25, -0.2) is 4.79 Å². The molecule has 2 bridgehead atoms. The molecule has 2 aromatic carbocycles. The maximum atomic E-state index is 13.4. The van der Waals surface area contributed by atoms with Crippen LogP contribution in [0.3, 0.4) is 0 Å². The first kappa shape index (κ1) is 25.5. The lowest BCUT2D eigenvalue weighted by Crippen LogP contribution is -3.00. The molecule has 5 rings (SSSR count). The van der Waals surface area contributed by atoms with Crippen molar-refractivity contribution in [1.29, 1.82) is 0 Å². The molecule has 174 valence electrons. The van der Waals surface area contributed by atoms with Gasteiger partial charge in [0.15, 0.2) is 0 Å². The normalized spacial score (nSPS) is 29.2. The van der Waals surface area contributed by atoms with Crippen LogP contribution >= 0.6 is 23.2 Å². The third-order valence-corrected chi connectivity index (χ3v) is 7.64. The SMILES string of the molecule is C.C[N+]1(C)C2CC(OC(=O)C(O)(c3ccc(Cl)cc3)c3ccc(Cl)cc3)C[C@H]1[C@H]1OC21.[Br-]. The number of piperidine rings is 1. The summed E-state index contributed by atoms with van der Waals surface area (Å²) >= 11 is 12.0. The van der Waals surface area contributed by atoms with Crippen molar-refractivity contribution in [1.82, 2.24) is 0 Å². The van der Waals surface area contributed by atoms with Crippen LogP contribution in [0.15, 0.2) is 48.5 Å². The summed E-state index contributed by atoms with van der Waals surface area (Å²) in [6, 6.07) is 13.8. The van der Waals surface area contributed by atoms with Crippen LogP contribution in [0.2, 0.25) is 10.0 Å². The van der Waals surface area contributed by atoms with E-state index in [4.69, 9.17) is 32.7 Å². The second-order valence-electron chi connectivity index (χ2n) is 9.05. The van der Waals surface area contributed by atoms with Crippen LogP contribution < -0.4 is 17.0 Å². The Labute approximate surface area is 209 Å². The summed E-state index contributed by atoms with van der Waals surface area (Å²) in [5.74, 6) is -0.682. The number of nitrogens with zero attached hydrogens (tertiary/aromatic N) is 1. The third kappa shape index (κ3) is 3.99. The van der Waals surface area contributed by atoms with Crippen molar-refractivity contribution in [2.75, 3.05) is 14.1 Å². The predicted octanol–water partition coefficient (Wildman–Crippen LogP) is 1.17. The maximum Gasteiger partial charge on any atom is 0.347 e. The zero-order valence-corrected chi connectivity index (χ0v) is 20.3. The lowest BCUT2D eigenvalue weighted by atomic mass is 9.86. The van der Waals surface area contributed by atoms with E-state index in [-0.39, 0.29) is 42.7 Å². The highest BCUT2D eigenvalue weighted by Crippen LogP contribution is 2.52. The van der Waals surface area contributed by atoms with Crippen molar-refractivity contribution in [3.8, 4) is 0 Å². The summed E-state index contributed by atoms with van der Waals surface area (Å²) in [4.78, 5) is 13.4. The number of benzene rings is 2. The molecule has 0 aliphatic carbocycles. The highest BCUT2D eigenvalue weighted by atomic mass is 79.9. The second-order valence-corrected chi connectivity index (χ2v) is 9.92. The summed E-state index contributed by atoms with van der Waals surface area (Å²) in [5, 5.41) is 12.7. The van der Waals surface area contributed by atoms with Gasteiger partial charge < -0.3 is 36.0 Å². The van der Waals surface area contributed by atoms with E-state index in [1.54, 1.807) is 48.5 Å². The van der Waals surface area contributed by atoms with Gasteiger partial charge in [-0.1, -0.05) is 54.9 Å². The number of hydrogen-bond acceptors (Lipinski definition) is 4. The molecule has 3 aliphatic rings. The van der Waals surface area contributed by atoms with Gasteiger partial charge in [-0.05, 0) is 35.4 Å². The molecule has 3 unspecified atom stereocenters. The number of hydrogen-bond donors (Lipinski definition) is 1. The molecule has 3 heterocycles. The zero-order valence-electron chi connectivity index (χ0n) is 17.2. The fourth-order valence-corrected chi connectivity index (χ4v) is 5.57. The van der Waals surface area contributed by atoms with E-state index < -0.39 is 11.6 Å². The Kier molecular flexibility index (Phi) is 7.08. The van der Waals surface area contributed by atoms with E-state index in [0.717, 1.165) is 17.3 Å². The van der Waals surface area contributed by atoms with E-state index in [1.807, 2.05) is 0 Å². The van der Waals surface area contributed by atoms with Crippen LogP contribution in [0.1, 0.15) is 31.4 Å². The summed E-state index contributed by atoms with van der Waals surface area (Å²) in [6.45, 7) is 0. The molecule has 0 aromatic heterocycles. The average Bonchev–Trinajstić information content (AvgIpc) is 3.47. The Morgan fingerprint density at radius 3 is 1.78 bits per heavy atom. The van der Waals surface area contributed by atoms with Crippen LogP contribution in [-0.2, 0) is 19.9 Å². The minimum Gasteiger partial charge on any atom is -1.00 e. The van der Waals surface area contributed by atoms with Crippen LogP contribution in [0.25, 0.3) is 0 Å². The first-order valence-electron chi connectivity index (χ1n) is 10.2. The number of epoxide rings is 1. The van der Waals surface area contributed by atoms with Crippen LogP contribution in [0, 0.1) is 0 Å². The lowest BCUT2D eigenvalue weighted by molar-refractivity contribution is -0.938. The van der Waals surface area contributed by atoms with Crippen LogP contribution in [0.5, 0.6) is 0 Å². The molecular weight excluding hydrogens is 517 g/mol. The summed E-state index contributed by atoms with van der Waals surface area (Å²) in [5.41, 5.74) is -1.14. The Hall–Kier alpha value is -1.15. The van der Waals surface area contributed by atoms with Crippen molar-refractivity contribution in [2.24, 2.45) is 0 Å². The minimum atomic E-state index is -1.95. The van der Waals surface area contributed by atoms with Crippen LogP contribution in [-0.4, -0.2) is 60.0 Å². The summed E-state index contributed by atoms with van der Waals surface area (Å²) < 4.78 is 12.7. The zero-order chi connectivity index (χ0) is 21.3. The Morgan fingerprint density at radius 1 is 0.969 bits per heavy atom. The highest BCUT2D eigenvalue weighted by Gasteiger charge is 2.71. The second kappa shape index (κ2) is 8.90. The topological polar surface area (TPSA) is 59.1 Å². The van der Waals surface area contributed by atoms with Gasteiger partial charge in [-0.15, -0.1) is 0 Å². The standard InChI is InChI=1S/C23H24Cl2NO4.CH4.BrH/c1-26(2)18-11-17(12-19(26)21-20(18)30-21)29-22(27)23(28,13-3-7-15(24)8-4-13)14-5-9-16(25)10-6-14;;/h3-10,17-21,28H,11-12H2,1-2H3;1H4;1H/q+1;;/p-1/t17?,18-,19?,20+,21?;;/m0../s1. The fourth-order valence-electron chi connectivity index (χ4n) is 5.32. The number of esters is 1. The first-order chi connectivity index (χ1) is 14.2. The number of carbonyl (C=O) groups excluding carboxylic acids is 1. The quantitative estimate of drug-likeness (QED) is 0.357. The van der Waals surface area contributed by atoms with E-state index in [1.165, 1.54) is 0 Å². The number of ether oxygens (including phenoxy) is 2. The molecule has 3 fully saturated rings. The van der Waals surface area contributed by atoms with Gasteiger partial charge in [0.1, 0.15) is 30.4 Å². The Bertz CT molecular complexity index is 917. The van der Waals surface area contributed by atoms with E-state index in [9.17, 15) is 9.90 Å². The van der Waals surface area contributed by atoms with Gasteiger partial charge in [0.25, 0.3) is 0 Å². The summed E-state index contributed by atoms with van der Waals surface area (Å²) in [6.07, 6.45) is 1.74. The number of halogens is 3. The molecule has 0 saturated carbocycles. The summed E-state index contributed by atoms with van der Waals surface area (Å²) in [7, 11) is 4.45. The van der Waals surface area contributed by atoms with Gasteiger partial charge in [0, 0.05) is 22.9 Å². The largest absolute Gasteiger partial charge is 1.00 e. The molecule has 5 atom stereocenters. The van der Waals surface area contributed by atoms with Gasteiger partial charge >= 0.3 is 5.97 Å². The van der Waals surface area contributed by atoms with Crippen molar-refractivity contribution in [3.05, 3.63) is 69.7 Å². The first-order valence-corrected chi connectivity index (χ1v) is 10.9. The van der Waals surface area contributed by atoms with E-state index in [2.05, 4.69) is 14.1 Å². The van der Waals surface area contributed by atoms with Crippen molar-refractivity contribution < 1.29 is 40.8 Å². The number of carbonyl (C=O) groups is 1. The average molecular weight is 545 g/mol. The van der Waals surface area contributed by atoms with Gasteiger partial charge in [-0.3, -0.25) is 0 Å². The molecule has 1 N–H and O–H groups in total. The maximum absolute atomic E-state index is 13.4. The number of rotatable bonds is 4. The Morgan fingerprint density at radius 2 is 1.38 bits per heavy atom. The molecule has 0 amide bonds. The molecule has 8 heteroatoms. The van der Waals surface area contributed by atoms with Gasteiger partial charge in [-0.2, -0.15) is 0 Å².